The molecule has 1 fully saturated rings. The summed E-state index contributed by atoms with van der Waals surface area (Å²) in [5.74, 6) is 0.300. The fraction of sp³-hybridized carbons (Fsp3) is 0.400. The van der Waals surface area contributed by atoms with E-state index in [1.807, 2.05) is 18.2 Å². The monoisotopic (exact) mass is 259 g/mol. The molecule has 1 saturated heterocycles. The molecule has 4 heteroatoms. The molecule has 4 nitrogen and oxygen atoms in total. The van der Waals surface area contributed by atoms with Crippen LogP contribution in [-0.4, -0.2) is 25.4 Å². The smallest absolute Gasteiger partial charge is 0.407 e. The van der Waals surface area contributed by atoms with Crippen molar-refractivity contribution in [2.24, 2.45) is 0 Å². The highest BCUT2D eigenvalue weighted by atomic mass is 16.6. The fourth-order valence-corrected chi connectivity index (χ4v) is 2.67. The highest BCUT2D eigenvalue weighted by molar-refractivity contribution is 5.67. The number of benzene rings is 1. The Labute approximate surface area is 112 Å². The molecule has 1 aliphatic heterocycles. The molecule has 100 valence electrons. The van der Waals surface area contributed by atoms with Crippen LogP contribution in [0.5, 0.6) is 0 Å². The minimum Gasteiger partial charge on any atom is -0.453 e. The molecule has 1 amide bonds. The molecule has 1 aliphatic carbocycles. The number of fused-ring (bicyclic) bond motifs is 1. The number of hydrogen-bond donors (Lipinski definition) is 1. The van der Waals surface area contributed by atoms with Crippen molar-refractivity contribution < 1.29 is 14.3 Å². The van der Waals surface area contributed by atoms with Gasteiger partial charge in [-0.25, -0.2) is 4.79 Å². The van der Waals surface area contributed by atoms with Crippen LogP contribution < -0.4 is 5.32 Å². The SMILES string of the molecule is COC(=O)NCc1ccccc1[C@H]1C=CC[C@@H]2O[C@@H]21. The molecule has 19 heavy (non-hydrogen) atoms. The van der Waals surface area contributed by atoms with Crippen LogP contribution in [0.2, 0.25) is 0 Å². The zero-order valence-electron chi connectivity index (χ0n) is 10.8. The van der Waals surface area contributed by atoms with Crippen molar-refractivity contribution in [3.63, 3.8) is 0 Å². The van der Waals surface area contributed by atoms with Crippen LogP contribution in [0, 0.1) is 0 Å². The molecule has 0 spiro atoms. The van der Waals surface area contributed by atoms with Crippen LogP contribution in [0.15, 0.2) is 36.4 Å². The molecule has 0 aromatic heterocycles. The van der Waals surface area contributed by atoms with Gasteiger partial charge in [0.05, 0.1) is 19.3 Å². The molecule has 0 unspecified atom stereocenters. The summed E-state index contributed by atoms with van der Waals surface area (Å²) in [6.07, 6.45) is 5.70. The fourth-order valence-electron chi connectivity index (χ4n) is 2.67. The van der Waals surface area contributed by atoms with E-state index in [0.29, 0.717) is 24.7 Å². The minimum absolute atomic E-state index is 0.300. The summed E-state index contributed by atoms with van der Waals surface area (Å²) >= 11 is 0. The van der Waals surface area contributed by atoms with Gasteiger partial charge in [0, 0.05) is 12.5 Å². The van der Waals surface area contributed by atoms with Crippen molar-refractivity contribution in [3.8, 4) is 0 Å². The third-order valence-corrected chi connectivity index (χ3v) is 3.71. The van der Waals surface area contributed by atoms with Crippen LogP contribution >= 0.6 is 0 Å². The number of amides is 1. The van der Waals surface area contributed by atoms with E-state index in [1.54, 1.807) is 0 Å². The van der Waals surface area contributed by atoms with Crippen molar-refractivity contribution >= 4 is 6.09 Å². The van der Waals surface area contributed by atoms with E-state index in [0.717, 1.165) is 12.0 Å². The lowest BCUT2D eigenvalue weighted by atomic mass is 9.86. The van der Waals surface area contributed by atoms with Crippen LogP contribution in [-0.2, 0) is 16.0 Å². The second-order valence-electron chi connectivity index (χ2n) is 4.87. The lowest BCUT2D eigenvalue weighted by Gasteiger charge is -2.18. The first-order valence-corrected chi connectivity index (χ1v) is 6.51. The van der Waals surface area contributed by atoms with Crippen molar-refractivity contribution in [3.05, 3.63) is 47.5 Å². The molecular formula is C15H17NO3. The Morgan fingerprint density at radius 3 is 3.16 bits per heavy atom. The zero-order valence-corrected chi connectivity index (χ0v) is 10.8. The summed E-state index contributed by atoms with van der Waals surface area (Å²) < 4.78 is 10.3. The first-order chi connectivity index (χ1) is 9.29. The van der Waals surface area contributed by atoms with Gasteiger partial charge in [-0.3, -0.25) is 0 Å². The van der Waals surface area contributed by atoms with E-state index in [1.165, 1.54) is 12.7 Å². The lowest BCUT2D eigenvalue weighted by molar-refractivity contribution is 0.170. The van der Waals surface area contributed by atoms with Gasteiger partial charge in [-0.2, -0.15) is 0 Å². The third-order valence-electron chi connectivity index (χ3n) is 3.71. The minimum atomic E-state index is -0.408. The highest BCUT2D eigenvalue weighted by Crippen LogP contribution is 2.43. The van der Waals surface area contributed by atoms with Gasteiger partial charge in [0.25, 0.3) is 0 Å². The first-order valence-electron chi connectivity index (χ1n) is 6.51. The number of hydrogen-bond acceptors (Lipinski definition) is 3. The Hall–Kier alpha value is -1.81. The number of ether oxygens (including phenoxy) is 2. The van der Waals surface area contributed by atoms with Crippen LogP contribution in [0.25, 0.3) is 0 Å². The molecule has 1 aromatic rings. The Balaban J connectivity index is 1.79. The topological polar surface area (TPSA) is 50.9 Å². The maximum absolute atomic E-state index is 11.2. The van der Waals surface area contributed by atoms with E-state index in [-0.39, 0.29) is 0 Å². The van der Waals surface area contributed by atoms with Crippen molar-refractivity contribution in [1.29, 1.82) is 0 Å². The van der Waals surface area contributed by atoms with Gasteiger partial charge in [0.2, 0.25) is 0 Å². The molecule has 1 heterocycles. The van der Waals surface area contributed by atoms with E-state index in [4.69, 9.17) is 4.74 Å². The number of alkyl carbamates (subject to hydrolysis) is 1. The quantitative estimate of drug-likeness (QED) is 0.669. The maximum Gasteiger partial charge on any atom is 0.407 e. The number of epoxide rings is 1. The van der Waals surface area contributed by atoms with Crippen molar-refractivity contribution in [1.82, 2.24) is 5.32 Å². The van der Waals surface area contributed by atoms with E-state index < -0.39 is 6.09 Å². The third kappa shape index (κ3) is 2.49. The van der Waals surface area contributed by atoms with E-state index in [2.05, 4.69) is 28.3 Å². The maximum atomic E-state index is 11.2. The molecule has 1 aromatic carbocycles. The second kappa shape index (κ2) is 5.05. The second-order valence-corrected chi connectivity index (χ2v) is 4.87. The number of carbonyl (C=O) groups is 1. The summed E-state index contributed by atoms with van der Waals surface area (Å²) in [6.45, 7) is 0.477. The van der Waals surface area contributed by atoms with Gasteiger partial charge < -0.3 is 14.8 Å². The highest BCUT2D eigenvalue weighted by Gasteiger charge is 2.45. The van der Waals surface area contributed by atoms with Gasteiger partial charge in [-0.05, 0) is 17.5 Å². The lowest BCUT2D eigenvalue weighted by Crippen LogP contribution is -2.23. The van der Waals surface area contributed by atoms with Crippen LogP contribution in [0.1, 0.15) is 23.5 Å². The van der Waals surface area contributed by atoms with Gasteiger partial charge >= 0.3 is 6.09 Å². The first kappa shape index (κ1) is 12.2. The molecular weight excluding hydrogens is 242 g/mol. The van der Waals surface area contributed by atoms with Gasteiger partial charge in [0.15, 0.2) is 0 Å². The molecule has 0 bridgehead atoms. The zero-order chi connectivity index (χ0) is 13.2. The van der Waals surface area contributed by atoms with Crippen molar-refractivity contribution in [2.45, 2.75) is 31.1 Å². The predicted octanol–water partition coefficient (Wildman–Crippen LogP) is 2.35. The molecule has 3 atom stereocenters. The van der Waals surface area contributed by atoms with Crippen LogP contribution in [0.4, 0.5) is 4.79 Å². The normalized spacial score (nSPS) is 27.5. The Morgan fingerprint density at radius 1 is 1.47 bits per heavy atom. The summed E-state index contributed by atoms with van der Waals surface area (Å²) in [4.78, 5) is 11.2. The average molecular weight is 259 g/mol. The largest absolute Gasteiger partial charge is 0.453 e. The molecule has 2 aliphatic rings. The van der Waals surface area contributed by atoms with E-state index >= 15 is 0 Å². The predicted molar refractivity (Wildman–Crippen MR) is 70.8 cm³/mol. The summed E-state index contributed by atoms with van der Waals surface area (Å²) in [6, 6.07) is 8.14. The Morgan fingerprint density at radius 2 is 2.32 bits per heavy atom. The molecule has 1 N–H and O–H groups in total. The van der Waals surface area contributed by atoms with Gasteiger partial charge in [-0.15, -0.1) is 0 Å². The average Bonchev–Trinajstić information content (AvgIpc) is 3.24. The summed E-state index contributed by atoms with van der Waals surface area (Å²) in [5, 5.41) is 2.73. The molecule has 3 rings (SSSR count). The summed E-state index contributed by atoms with van der Waals surface area (Å²) in [5.41, 5.74) is 2.33. The number of carbonyl (C=O) groups excluding carboxylic acids is 1. The number of methoxy groups -OCH3 is 1. The Bertz CT molecular complexity index is 512. The summed E-state index contributed by atoms with van der Waals surface area (Å²) in [7, 11) is 1.37. The Kier molecular flexibility index (Phi) is 3.25. The van der Waals surface area contributed by atoms with Crippen molar-refractivity contribution in [2.75, 3.05) is 7.11 Å². The van der Waals surface area contributed by atoms with Crippen LogP contribution in [0.3, 0.4) is 0 Å². The standard InChI is InChI=1S/C15H17NO3/c1-18-15(17)16-9-10-5-2-3-6-11(10)12-7-4-8-13-14(12)19-13/h2-7,12-14H,8-9H2,1H3,(H,16,17)/t12-,13+,14-/m1/s1. The molecule has 0 radical (unpaired) electrons. The molecule has 0 saturated carbocycles. The number of nitrogens with one attached hydrogen (secondary N) is 1. The van der Waals surface area contributed by atoms with Gasteiger partial charge in [0.1, 0.15) is 0 Å². The number of rotatable bonds is 3. The van der Waals surface area contributed by atoms with E-state index in [9.17, 15) is 4.79 Å². The van der Waals surface area contributed by atoms with Gasteiger partial charge in [-0.1, -0.05) is 36.4 Å².